The quantitative estimate of drug-likeness (QED) is 0.857. The molecule has 2 aromatic rings. The first-order chi connectivity index (χ1) is 9.20. The van der Waals surface area contributed by atoms with Crippen molar-refractivity contribution >= 4 is 23.2 Å². The van der Waals surface area contributed by atoms with Gasteiger partial charge in [-0.25, -0.2) is 14.1 Å². The maximum Gasteiger partial charge on any atom is 0.224 e. The van der Waals surface area contributed by atoms with Crippen LogP contribution in [-0.4, -0.2) is 26.6 Å². The lowest BCUT2D eigenvalue weighted by Crippen LogP contribution is -2.11. The van der Waals surface area contributed by atoms with Crippen molar-refractivity contribution in [2.45, 2.75) is 12.8 Å². The first-order valence-electron chi connectivity index (χ1n) is 5.71. The SMILES string of the molecule is O=C(CCCCl)Nc1ccc(-n2cncn2)c(F)c1. The zero-order valence-corrected chi connectivity index (χ0v) is 10.8. The number of carbonyl (C=O) groups is 1. The van der Waals surface area contributed by atoms with Crippen molar-refractivity contribution in [3.05, 3.63) is 36.7 Å². The number of nitrogens with zero attached hydrogens (tertiary/aromatic N) is 3. The highest BCUT2D eigenvalue weighted by molar-refractivity contribution is 6.18. The van der Waals surface area contributed by atoms with Crippen LogP contribution in [0.2, 0.25) is 0 Å². The van der Waals surface area contributed by atoms with E-state index in [1.807, 2.05) is 0 Å². The van der Waals surface area contributed by atoms with Crippen molar-refractivity contribution in [1.29, 1.82) is 0 Å². The van der Waals surface area contributed by atoms with Crippen LogP contribution in [-0.2, 0) is 4.79 Å². The van der Waals surface area contributed by atoms with E-state index in [0.717, 1.165) is 0 Å². The molecular weight excluding hydrogens is 271 g/mol. The fourth-order valence-electron chi connectivity index (χ4n) is 1.55. The summed E-state index contributed by atoms with van der Waals surface area (Å²) in [6.07, 6.45) is 3.63. The van der Waals surface area contributed by atoms with Crippen LogP contribution >= 0.6 is 11.6 Å². The third-order valence-corrected chi connectivity index (χ3v) is 2.70. The van der Waals surface area contributed by atoms with Crippen molar-refractivity contribution in [2.75, 3.05) is 11.2 Å². The van der Waals surface area contributed by atoms with E-state index < -0.39 is 5.82 Å². The minimum Gasteiger partial charge on any atom is -0.326 e. The Kier molecular flexibility index (Phi) is 4.46. The number of benzene rings is 1. The van der Waals surface area contributed by atoms with E-state index in [1.165, 1.54) is 29.5 Å². The summed E-state index contributed by atoms with van der Waals surface area (Å²) in [5.41, 5.74) is 0.678. The van der Waals surface area contributed by atoms with Crippen LogP contribution in [0.5, 0.6) is 0 Å². The molecule has 0 unspecified atom stereocenters. The predicted octanol–water partition coefficient (Wildman–Crippen LogP) is 2.36. The lowest BCUT2D eigenvalue weighted by molar-refractivity contribution is -0.116. The minimum absolute atomic E-state index is 0.187. The normalized spacial score (nSPS) is 10.4. The molecule has 0 spiro atoms. The smallest absolute Gasteiger partial charge is 0.224 e. The second-order valence-electron chi connectivity index (χ2n) is 3.85. The average Bonchev–Trinajstić information content (AvgIpc) is 2.90. The minimum atomic E-state index is -0.486. The molecule has 0 fully saturated rings. The van der Waals surface area contributed by atoms with Crippen LogP contribution < -0.4 is 5.32 Å². The van der Waals surface area contributed by atoms with E-state index in [9.17, 15) is 9.18 Å². The maximum absolute atomic E-state index is 13.9. The second-order valence-corrected chi connectivity index (χ2v) is 4.22. The van der Waals surface area contributed by atoms with Crippen molar-refractivity contribution in [3.8, 4) is 5.69 Å². The van der Waals surface area contributed by atoms with Gasteiger partial charge in [0, 0.05) is 18.0 Å². The van der Waals surface area contributed by atoms with Gasteiger partial charge in [0.1, 0.15) is 18.3 Å². The van der Waals surface area contributed by atoms with E-state index in [0.29, 0.717) is 24.4 Å². The number of nitrogens with one attached hydrogen (secondary N) is 1. The summed E-state index contributed by atoms with van der Waals surface area (Å²) in [6.45, 7) is 0. The molecule has 1 aromatic carbocycles. The number of rotatable bonds is 5. The lowest BCUT2D eigenvalue weighted by Gasteiger charge is -2.07. The van der Waals surface area contributed by atoms with Gasteiger partial charge in [0.25, 0.3) is 0 Å². The Labute approximate surface area is 114 Å². The van der Waals surface area contributed by atoms with Gasteiger partial charge in [-0.1, -0.05) is 0 Å². The Hall–Kier alpha value is -1.95. The number of hydrogen-bond acceptors (Lipinski definition) is 3. The third-order valence-electron chi connectivity index (χ3n) is 2.43. The van der Waals surface area contributed by atoms with Crippen LogP contribution in [0, 0.1) is 5.82 Å². The van der Waals surface area contributed by atoms with E-state index in [4.69, 9.17) is 11.6 Å². The molecular formula is C12H12ClFN4O. The highest BCUT2D eigenvalue weighted by atomic mass is 35.5. The fourth-order valence-corrected chi connectivity index (χ4v) is 1.69. The van der Waals surface area contributed by atoms with Crippen LogP contribution in [0.25, 0.3) is 5.69 Å². The summed E-state index contributed by atoms with van der Waals surface area (Å²) in [5.74, 6) is -0.248. The number of alkyl halides is 1. The van der Waals surface area contributed by atoms with Crippen LogP contribution in [0.15, 0.2) is 30.9 Å². The Morgan fingerprint density at radius 2 is 2.32 bits per heavy atom. The van der Waals surface area contributed by atoms with Gasteiger partial charge in [0.15, 0.2) is 5.82 Å². The molecule has 1 amide bonds. The molecule has 1 N–H and O–H groups in total. The van der Waals surface area contributed by atoms with Gasteiger partial charge in [-0.3, -0.25) is 4.79 Å². The highest BCUT2D eigenvalue weighted by Gasteiger charge is 2.08. The molecule has 0 aliphatic rings. The molecule has 1 heterocycles. The Morgan fingerprint density at radius 3 is 2.95 bits per heavy atom. The standard InChI is InChI=1S/C12H12ClFN4O/c13-5-1-2-12(19)17-9-3-4-11(10(14)6-9)18-8-15-7-16-18/h3-4,6-8H,1-2,5H2,(H,17,19). The molecule has 0 aliphatic heterocycles. The molecule has 0 radical (unpaired) electrons. The van der Waals surface area contributed by atoms with Crippen LogP contribution in [0.4, 0.5) is 10.1 Å². The summed E-state index contributed by atoms with van der Waals surface area (Å²) in [6, 6.07) is 4.38. The number of aromatic nitrogens is 3. The van der Waals surface area contributed by atoms with Crippen molar-refractivity contribution in [1.82, 2.24) is 14.8 Å². The van der Waals surface area contributed by atoms with Gasteiger partial charge in [-0.05, 0) is 24.6 Å². The summed E-state index contributed by atoms with van der Waals surface area (Å²) in [4.78, 5) is 15.2. The number of anilines is 1. The zero-order valence-electron chi connectivity index (χ0n) is 10.0. The van der Waals surface area contributed by atoms with Gasteiger partial charge >= 0.3 is 0 Å². The van der Waals surface area contributed by atoms with Crippen LogP contribution in [0.1, 0.15) is 12.8 Å². The Morgan fingerprint density at radius 1 is 1.47 bits per heavy atom. The molecule has 0 bridgehead atoms. The number of carbonyl (C=O) groups excluding carboxylic acids is 1. The molecule has 100 valence electrons. The summed E-state index contributed by atoms with van der Waals surface area (Å²) < 4.78 is 15.2. The van der Waals surface area contributed by atoms with Crippen molar-refractivity contribution < 1.29 is 9.18 Å². The molecule has 1 aromatic heterocycles. The maximum atomic E-state index is 13.9. The molecule has 0 atom stereocenters. The highest BCUT2D eigenvalue weighted by Crippen LogP contribution is 2.17. The molecule has 5 nitrogen and oxygen atoms in total. The summed E-state index contributed by atoms with van der Waals surface area (Å²) in [7, 11) is 0. The van der Waals surface area contributed by atoms with E-state index in [1.54, 1.807) is 6.07 Å². The zero-order chi connectivity index (χ0) is 13.7. The Bertz CT molecular complexity index is 559. The molecule has 19 heavy (non-hydrogen) atoms. The van der Waals surface area contributed by atoms with Gasteiger partial charge in [-0.15, -0.1) is 11.6 Å². The van der Waals surface area contributed by atoms with Gasteiger partial charge in [0.05, 0.1) is 0 Å². The molecule has 7 heteroatoms. The fraction of sp³-hybridized carbons (Fsp3) is 0.250. The number of halogens is 2. The van der Waals surface area contributed by atoms with Gasteiger partial charge in [-0.2, -0.15) is 5.10 Å². The molecule has 2 rings (SSSR count). The third kappa shape index (κ3) is 3.51. The van der Waals surface area contributed by atoms with Gasteiger partial charge in [0.2, 0.25) is 5.91 Å². The van der Waals surface area contributed by atoms with E-state index in [2.05, 4.69) is 15.4 Å². The molecule has 0 saturated carbocycles. The first-order valence-corrected chi connectivity index (χ1v) is 6.24. The van der Waals surface area contributed by atoms with Crippen molar-refractivity contribution in [3.63, 3.8) is 0 Å². The van der Waals surface area contributed by atoms with Crippen LogP contribution in [0.3, 0.4) is 0 Å². The van der Waals surface area contributed by atoms with E-state index >= 15 is 0 Å². The average molecular weight is 283 g/mol. The summed E-state index contributed by atoms with van der Waals surface area (Å²) >= 11 is 5.50. The molecule has 0 saturated heterocycles. The lowest BCUT2D eigenvalue weighted by atomic mass is 10.2. The number of amides is 1. The monoisotopic (exact) mass is 282 g/mol. The van der Waals surface area contributed by atoms with Crippen molar-refractivity contribution in [2.24, 2.45) is 0 Å². The van der Waals surface area contributed by atoms with Gasteiger partial charge < -0.3 is 5.32 Å². The largest absolute Gasteiger partial charge is 0.326 e. The second kappa shape index (κ2) is 6.29. The topological polar surface area (TPSA) is 59.8 Å². The predicted molar refractivity (Wildman–Crippen MR) is 69.9 cm³/mol. The first kappa shape index (κ1) is 13.5. The van der Waals surface area contributed by atoms with E-state index in [-0.39, 0.29) is 11.6 Å². The summed E-state index contributed by atoms with van der Waals surface area (Å²) in [5, 5.41) is 6.45. The number of hydrogen-bond donors (Lipinski definition) is 1. The molecule has 0 aliphatic carbocycles. The Balaban J connectivity index is 2.09.